The molecule has 0 aromatic heterocycles. The van der Waals surface area contributed by atoms with Crippen LogP contribution in [0, 0.1) is 0 Å². The summed E-state index contributed by atoms with van der Waals surface area (Å²) in [5, 5.41) is 12.2. The molecule has 0 aromatic rings. The monoisotopic (exact) mass is 274 g/mol. The predicted molar refractivity (Wildman–Crippen MR) is 72.0 cm³/mol. The summed E-state index contributed by atoms with van der Waals surface area (Å²) in [6.07, 6.45) is 2.67. The molecule has 1 amide bonds. The third kappa shape index (κ3) is 6.87. The Kier molecular flexibility index (Phi) is 8.73. The Morgan fingerprint density at radius 1 is 1.32 bits per heavy atom. The van der Waals surface area contributed by atoms with Crippen LogP contribution in [0.1, 0.15) is 19.3 Å². The van der Waals surface area contributed by atoms with Crippen molar-refractivity contribution >= 4 is 5.91 Å². The third-order valence-electron chi connectivity index (χ3n) is 3.24. The minimum absolute atomic E-state index is 0.0139. The molecule has 0 spiro atoms. The van der Waals surface area contributed by atoms with Crippen LogP contribution in [0.2, 0.25) is 0 Å². The van der Waals surface area contributed by atoms with E-state index in [1.807, 2.05) is 0 Å². The SMILES string of the molecule is COCCN(CCO)C(=O)CCOC1CCNCC1. The first-order valence-corrected chi connectivity index (χ1v) is 6.97. The molecule has 0 aliphatic carbocycles. The van der Waals surface area contributed by atoms with Gasteiger partial charge in [0, 0.05) is 20.2 Å². The summed E-state index contributed by atoms with van der Waals surface area (Å²) in [6, 6.07) is 0. The number of nitrogens with one attached hydrogen (secondary N) is 1. The number of hydrogen-bond acceptors (Lipinski definition) is 5. The van der Waals surface area contributed by atoms with E-state index in [1.165, 1.54) is 0 Å². The molecule has 0 unspecified atom stereocenters. The number of piperidine rings is 1. The van der Waals surface area contributed by atoms with Gasteiger partial charge in [-0.2, -0.15) is 0 Å². The van der Waals surface area contributed by atoms with E-state index in [-0.39, 0.29) is 18.6 Å². The van der Waals surface area contributed by atoms with Gasteiger partial charge < -0.3 is 24.8 Å². The smallest absolute Gasteiger partial charge is 0.225 e. The van der Waals surface area contributed by atoms with Crippen molar-refractivity contribution in [3.05, 3.63) is 0 Å². The molecule has 1 heterocycles. The minimum Gasteiger partial charge on any atom is -0.395 e. The number of aliphatic hydroxyl groups is 1. The molecule has 0 aromatic carbocycles. The van der Waals surface area contributed by atoms with Gasteiger partial charge in [-0.05, 0) is 25.9 Å². The molecular weight excluding hydrogens is 248 g/mol. The van der Waals surface area contributed by atoms with E-state index in [0.717, 1.165) is 25.9 Å². The van der Waals surface area contributed by atoms with E-state index in [0.29, 0.717) is 32.7 Å². The molecule has 2 N–H and O–H groups in total. The summed E-state index contributed by atoms with van der Waals surface area (Å²) in [5.41, 5.74) is 0. The highest BCUT2D eigenvalue weighted by atomic mass is 16.5. The van der Waals surface area contributed by atoms with Crippen LogP contribution in [-0.2, 0) is 14.3 Å². The second-order valence-electron chi connectivity index (χ2n) is 4.67. The highest BCUT2D eigenvalue weighted by molar-refractivity contribution is 5.76. The van der Waals surface area contributed by atoms with Crippen LogP contribution in [-0.4, -0.2) is 75.1 Å². The maximum atomic E-state index is 11.9. The molecule has 19 heavy (non-hydrogen) atoms. The van der Waals surface area contributed by atoms with Gasteiger partial charge in [-0.1, -0.05) is 0 Å². The van der Waals surface area contributed by atoms with Crippen LogP contribution in [0.25, 0.3) is 0 Å². The van der Waals surface area contributed by atoms with E-state index in [2.05, 4.69) is 5.32 Å². The van der Waals surface area contributed by atoms with Gasteiger partial charge >= 0.3 is 0 Å². The van der Waals surface area contributed by atoms with Gasteiger partial charge in [0.25, 0.3) is 0 Å². The van der Waals surface area contributed by atoms with Crippen LogP contribution >= 0.6 is 0 Å². The second kappa shape index (κ2) is 10.1. The third-order valence-corrected chi connectivity index (χ3v) is 3.24. The molecule has 112 valence electrons. The van der Waals surface area contributed by atoms with E-state index < -0.39 is 0 Å². The van der Waals surface area contributed by atoms with Gasteiger partial charge in [0.1, 0.15) is 0 Å². The normalized spacial score (nSPS) is 16.5. The Bertz CT molecular complexity index is 245. The number of hydrogen-bond donors (Lipinski definition) is 2. The summed E-state index contributed by atoms with van der Waals surface area (Å²) in [6.45, 7) is 3.77. The molecule has 1 fully saturated rings. The molecule has 6 heteroatoms. The first-order chi connectivity index (χ1) is 9.27. The lowest BCUT2D eigenvalue weighted by Gasteiger charge is -2.24. The summed E-state index contributed by atoms with van der Waals surface area (Å²) in [7, 11) is 1.60. The molecule has 1 rings (SSSR count). The molecule has 0 radical (unpaired) electrons. The highest BCUT2D eigenvalue weighted by Crippen LogP contribution is 2.08. The number of carbonyl (C=O) groups is 1. The zero-order valence-corrected chi connectivity index (χ0v) is 11.8. The number of aliphatic hydroxyl groups excluding tert-OH is 1. The van der Waals surface area contributed by atoms with E-state index in [1.54, 1.807) is 12.0 Å². The predicted octanol–water partition coefficient (Wildman–Crippen LogP) is -0.388. The van der Waals surface area contributed by atoms with Gasteiger partial charge in [-0.25, -0.2) is 0 Å². The number of amides is 1. The Hall–Kier alpha value is -0.690. The maximum Gasteiger partial charge on any atom is 0.225 e. The van der Waals surface area contributed by atoms with Crippen molar-refractivity contribution in [2.24, 2.45) is 0 Å². The zero-order valence-electron chi connectivity index (χ0n) is 11.8. The van der Waals surface area contributed by atoms with Crippen molar-refractivity contribution < 1.29 is 19.4 Å². The lowest BCUT2D eigenvalue weighted by molar-refractivity contribution is -0.134. The van der Waals surface area contributed by atoms with Crippen LogP contribution in [0.4, 0.5) is 0 Å². The molecular formula is C13H26N2O4. The lowest BCUT2D eigenvalue weighted by atomic mass is 10.1. The second-order valence-corrected chi connectivity index (χ2v) is 4.67. The number of methoxy groups -OCH3 is 1. The topological polar surface area (TPSA) is 71.0 Å². The highest BCUT2D eigenvalue weighted by Gasteiger charge is 2.16. The van der Waals surface area contributed by atoms with Crippen LogP contribution in [0.15, 0.2) is 0 Å². The van der Waals surface area contributed by atoms with Crippen molar-refractivity contribution in [1.29, 1.82) is 0 Å². The maximum absolute atomic E-state index is 11.9. The number of rotatable bonds is 9. The average molecular weight is 274 g/mol. The molecule has 0 saturated carbocycles. The van der Waals surface area contributed by atoms with E-state index in [9.17, 15) is 4.79 Å². The van der Waals surface area contributed by atoms with Crippen molar-refractivity contribution in [3.63, 3.8) is 0 Å². The Morgan fingerprint density at radius 3 is 2.68 bits per heavy atom. The molecule has 6 nitrogen and oxygen atoms in total. The van der Waals surface area contributed by atoms with Crippen molar-refractivity contribution in [2.75, 3.05) is 53.1 Å². The van der Waals surface area contributed by atoms with E-state index in [4.69, 9.17) is 14.6 Å². The van der Waals surface area contributed by atoms with Crippen LogP contribution in [0.3, 0.4) is 0 Å². The summed E-state index contributed by atoms with van der Waals surface area (Å²) >= 11 is 0. The van der Waals surface area contributed by atoms with Crippen molar-refractivity contribution in [2.45, 2.75) is 25.4 Å². The van der Waals surface area contributed by atoms with Crippen molar-refractivity contribution in [1.82, 2.24) is 10.2 Å². The fourth-order valence-electron chi connectivity index (χ4n) is 2.12. The van der Waals surface area contributed by atoms with Crippen LogP contribution in [0.5, 0.6) is 0 Å². The standard InChI is InChI=1S/C13H26N2O4/c1-18-11-8-15(7-9-16)13(17)4-10-19-12-2-5-14-6-3-12/h12,14,16H,2-11H2,1H3. The van der Waals surface area contributed by atoms with Crippen molar-refractivity contribution in [3.8, 4) is 0 Å². The first kappa shape index (κ1) is 16.4. The summed E-state index contributed by atoms with van der Waals surface area (Å²) in [5.74, 6) is 0.0139. The number of nitrogens with zero attached hydrogens (tertiary/aromatic N) is 1. The minimum atomic E-state index is -0.0232. The Balaban J connectivity index is 2.18. The molecule has 1 aliphatic rings. The molecule has 1 saturated heterocycles. The van der Waals surface area contributed by atoms with Crippen LogP contribution < -0.4 is 5.32 Å². The van der Waals surface area contributed by atoms with Gasteiger partial charge in [-0.15, -0.1) is 0 Å². The first-order valence-electron chi connectivity index (χ1n) is 6.97. The van der Waals surface area contributed by atoms with E-state index >= 15 is 0 Å². The van der Waals surface area contributed by atoms with Gasteiger partial charge in [0.2, 0.25) is 5.91 Å². The molecule has 1 aliphatic heterocycles. The quantitative estimate of drug-likeness (QED) is 0.599. The largest absolute Gasteiger partial charge is 0.395 e. The summed E-state index contributed by atoms with van der Waals surface area (Å²) in [4.78, 5) is 13.6. The number of ether oxygens (including phenoxy) is 2. The van der Waals surface area contributed by atoms with Gasteiger partial charge in [0.15, 0.2) is 0 Å². The Labute approximate surface area is 115 Å². The Morgan fingerprint density at radius 2 is 2.05 bits per heavy atom. The lowest BCUT2D eigenvalue weighted by Crippen LogP contribution is -2.37. The van der Waals surface area contributed by atoms with Gasteiger partial charge in [-0.3, -0.25) is 4.79 Å². The fraction of sp³-hybridized carbons (Fsp3) is 0.923. The zero-order chi connectivity index (χ0) is 13.9. The average Bonchev–Trinajstić information content (AvgIpc) is 2.44. The molecule has 0 atom stereocenters. The number of carbonyl (C=O) groups excluding carboxylic acids is 1. The molecule has 0 bridgehead atoms. The summed E-state index contributed by atoms with van der Waals surface area (Å²) < 4.78 is 10.7. The van der Waals surface area contributed by atoms with Gasteiger partial charge in [0.05, 0.1) is 32.3 Å². The fourth-order valence-corrected chi connectivity index (χ4v) is 2.12.